The van der Waals surface area contributed by atoms with Gasteiger partial charge in [0.2, 0.25) is 5.28 Å². The lowest BCUT2D eigenvalue weighted by atomic mass is 10.3. The summed E-state index contributed by atoms with van der Waals surface area (Å²) in [6.45, 7) is 3.73. The molecule has 6 heteroatoms. The molecule has 2 N–H and O–H groups in total. The number of aryl methyl sites for hydroxylation is 1. The molecule has 1 rings (SSSR count). The van der Waals surface area contributed by atoms with Gasteiger partial charge in [-0.05, 0) is 24.9 Å². The fraction of sp³-hybridized carbons (Fsp3) is 0.600. The molecule has 1 aromatic rings. The highest BCUT2D eigenvalue weighted by molar-refractivity contribution is 6.28. The number of halogens is 1. The van der Waals surface area contributed by atoms with Crippen molar-refractivity contribution >= 4 is 17.4 Å². The predicted molar refractivity (Wildman–Crippen MR) is 62.8 cm³/mol. The molecule has 90 valence electrons. The van der Waals surface area contributed by atoms with E-state index in [1.165, 1.54) is 0 Å². The Labute approximate surface area is 99.8 Å². The van der Waals surface area contributed by atoms with Gasteiger partial charge in [-0.2, -0.15) is 0 Å². The molecule has 0 aromatic carbocycles. The number of ether oxygens (including phenoxy) is 1. The molecule has 0 aliphatic carbocycles. The van der Waals surface area contributed by atoms with E-state index in [-0.39, 0.29) is 11.9 Å². The van der Waals surface area contributed by atoms with Crippen LogP contribution in [-0.2, 0) is 4.74 Å². The monoisotopic (exact) mass is 245 g/mol. The zero-order chi connectivity index (χ0) is 11.8. The lowest BCUT2D eigenvalue weighted by Gasteiger charge is -2.08. The molecular formula is C10H16ClN3O2. The Kier molecular flexibility index (Phi) is 6.07. The third-order valence-corrected chi connectivity index (χ3v) is 2.12. The van der Waals surface area contributed by atoms with Crippen molar-refractivity contribution in [2.45, 2.75) is 13.3 Å². The fourth-order valence-electron chi connectivity index (χ4n) is 1.15. The second-order valence-electron chi connectivity index (χ2n) is 3.29. The first-order valence-electron chi connectivity index (χ1n) is 5.15. The lowest BCUT2D eigenvalue weighted by molar-refractivity contribution is 0.0922. The van der Waals surface area contributed by atoms with E-state index in [1.54, 1.807) is 6.20 Å². The zero-order valence-corrected chi connectivity index (χ0v) is 10.00. The fourth-order valence-corrected chi connectivity index (χ4v) is 1.28. The van der Waals surface area contributed by atoms with Crippen LogP contribution in [0.4, 0.5) is 5.82 Å². The highest BCUT2D eigenvalue weighted by atomic mass is 35.5. The Morgan fingerprint density at radius 3 is 3.06 bits per heavy atom. The quantitative estimate of drug-likeness (QED) is 0.559. The number of aromatic nitrogens is 2. The van der Waals surface area contributed by atoms with Crippen molar-refractivity contribution in [3.63, 3.8) is 0 Å². The van der Waals surface area contributed by atoms with Gasteiger partial charge in [0.05, 0.1) is 13.2 Å². The second kappa shape index (κ2) is 7.38. The summed E-state index contributed by atoms with van der Waals surface area (Å²) in [4.78, 5) is 7.94. The molecule has 16 heavy (non-hydrogen) atoms. The van der Waals surface area contributed by atoms with Gasteiger partial charge in [-0.25, -0.2) is 9.97 Å². The molecular weight excluding hydrogens is 230 g/mol. The van der Waals surface area contributed by atoms with Crippen molar-refractivity contribution < 1.29 is 9.84 Å². The average Bonchev–Trinajstić information content (AvgIpc) is 2.28. The first-order valence-corrected chi connectivity index (χ1v) is 5.53. The normalized spacial score (nSPS) is 10.4. The van der Waals surface area contributed by atoms with Crippen molar-refractivity contribution in [3.8, 4) is 0 Å². The third kappa shape index (κ3) is 4.74. The van der Waals surface area contributed by atoms with Crippen LogP contribution in [0.15, 0.2) is 6.20 Å². The summed E-state index contributed by atoms with van der Waals surface area (Å²) in [5.74, 6) is 0.752. The summed E-state index contributed by atoms with van der Waals surface area (Å²) in [5.41, 5.74) is 0.959. The summed E-state index contributed by atoms with van der Waals surface area (Å²) >= 11 is 5.68. The molecule has 0 saturated carbocycles. The van der Waals surface area contributed by atoms with Crippen LogP contribution < -0.4 is 5.32 Å². The lowest BCUT2D eigenvalue weighted by Crippen LogP contribution is -2.09. The number of hydrogen-bond acceptors (Lipinski definition) is 5. The molecule has 5 nitrogen and oxygen atoms in total. The average molecular weight is 246 g/mol. The summed E-state index contributed by atoms with van der Waals surface area (Å²) < 4.78 is 5.13. The maximum Gasteiger partial charge on any atom is 0.224 e. The Balaban J connectivity index is 2.23. The number of nitrogens with one attached hydrogen (secondary N) is 1. The van der Waals surface area contributed by atoms with Crippen molar-refractivity contribution in [2.24, 2.45) is 0 Å². The molecule has 0 spiro atoms. The van der Waals surface area contributed by atoms with E-state index in [4.69, 9.17) is 21.4 Å². The molecule has 0 aliphatic heterocycles. The maximum absolute atomic E-state index is 8.50. The van der Waals surface area contributed by atoms with Gasteiger partial charge in [0.1, 0.15) is 5.82 Å². The number of nitrogens with zero attached hydrogens (tertiary/aromatic N) is 2. The molecule has 1 aromatic heterocycles. The van der Waals surface area contributed by atoms with Gasteiger partial charge in [0.25, 0.3) is 0 Å². The van der Waals surface area contributed by atoms with E-state index in [1.807, 2.05) is 6.92 Å². The summed E-state index contributed by atoms with van der Waals surface area (Å²) in [5, 5.41) is 11.9. The van der Waals surface area contributed by atoms with Crippen molar-refractivity contribution in [3.05, 3.63) is 17.0 Å². The molecule has 0 atom stereocenters. The van der Waals surface area contributed by atoms with E-state index < -0.39 is 0 Å². The highest BCUT2D eigenvalue weighted by Crippen LogP contribution is 2.12. The SMILES string of the molecule is Cc1cnc(Cl)nc1NCCCOCCO. The van der Waals surface area contributed by atoms with Crippen LogP contribution in [0.1, 0.15) is 12.0 Å². The van der Waals surface area contributed by atoms with Crippen LogP contribution in [-0.4, -0.2) is 41.4 Å². The first-order chi connectivity index (χ1) is 7.74. The van der Waals surface area contributed by atoms with Crippen LogP contribution >= 0.6 is 11.6 Å². The Bertz CT molecular complexity index is 323. The summed E-state index contributed by atoms with van der Waals surface area (Å²) in [7, 11) is 0. The Morgan fingerprint density at radius 1 is 1.50 bits per heavy atom. The van der Waals surface area contributed by atoms with Crippen LogP contribution in [0.2, 0.25) is 5.28 Å². The molecule has 0 fully saturated rings. The van der Waals surface area contributed by atoms with Crippen LogP contribution in [0.5, 0.6) is 0 Å². The molecule has 1 heterocycles. The van der Waals surface area contributed by atoms with Gasteiger partial charge < -0.3 is 15.2 Å². The van der Waals surface area contributed by atoms with Crippen LogP contribution in [0.3, 0.4) is 0 Å². The standard InChI is InChI=1S/C10H16ClN3O2/c1-8-7-13-10(11)14-9(8)12-3-2-5-16-6-4-15/h7,15H,2-6H2,1H3,(H,12,13,14). The summed E-state index contributed by atoms with van der Waals surface area (Å²) in [6.07, 6.45) is 2.53. The van der Waals surface area contributed by atoms with E-state index in [2.05, 4.69) is 15.3 Å². The number of anilines is 1. The van der Waals surface area contributed by atoms with E-state index in [9.17, 15) is 0 Å². The van der Waals surface area contributed by atoms with Crippen LogP contribution in [0, 0.1) is 6.92 Å². The summed E-state index contributed by atoms with van der Waals surface area (Å²) in [6, 6.07) is 0. The minimum atomic E-state index is 0.0635. The molecule has 0 bridgehead atoms. The van der Waals surface area contributed by atoms with E-state index in [0.717, 1.165) is 24.3 Å². The Hall–Kier alpha value is -0.910. The molecule has 0 radical (unpaired) electrons. The van der Waals surface area contributed by atoms with E-state index in [0.29, 0.717) is 13.2 Å². The topological polar surface area (TPSA) is 67.3 Å². The van der Waals surface area contributed by atoms with Gasteiger partial charge in [0.15, 0.2) is 0 Å². The second-order valence-corrected chi connectivity index (χ2v) is 3.63. The minimum Gasteiger partial charge on any atom is -0.394 e. The van der Waals surface area contributed by atoms with Gasteiger partial charge >= 0.3 is 0 Å². The smallest absolute Gasteiger partial charge is 0.224 e. The molecule has 0 amide bonds. The van der Waals surface area contributed by atoms with Crippen molar-refractivity contribution in [1.82, 2.24) is 9.97 Å². The van der Waals surface area contributed by atoms with Crippen molar-refractivity contribution in [2.75, 3.05) is 31.7 Å². The van der Waals surface area contributed by atoms with Gasteiger partial charge in [-0.1, -0.05) is 0 Å². The Morgan fingerprint density at radius 2 is 2.31 bits per heavy atom. The predicted octanol–water partition coefficient (Wildman–Crippen LogP) is 1.25. The molecule has 0 aliphatic rings. The molecule has 0 unspecified atom stereocenters. The number of aliphatic hydroxyl groups is 1. The van der Waals surface area contributed by atoms with Crippen LogP contribution in [0.25, 0.3) is 0 Å². The van der Waals surface area contributed by atoms with Gasteiger partial charge in [-0.15, -0.1) is 0 Å². The maximum atomic E-state index is 8.50. The minimum absolute atomic E-state index is 0.0635. The number of aliphatic hydroxyl groups excluding tert-OH is 1. The van der Waals surface area contributed by atoms with Gasteiger partial charge in [-0.3, -0.25) is 0 Å². The van der Waals surface area contributed by atoms with Crippen molar-refractivity contribution in [1.29, 1.82) is 0 Å². The highest BCUT2D eigenvalue weighted by Gasteiger charge is 2.00. The largest absolute Gasteiger partial charge is 0.394 e. The number of rotatable bonds is 7. The van der Waals surface area contributed by atoms with Gasteiger partial charge in [0, 0.05) is 24.9 Å². The van der Waals surface area contributed by atoms with E-state index >= 15 is 0 Å². The molecule has 0 saturated heterocycles. The third-order valence-electron chi connectivity index (χ3n) is 1.94. The first kappa shape index (κ1) is 13.2. The zero-order valence-electron chi connectivity index (χ0n) is 9.24. The number of hydrogen-bond donors (Lipinski definition) is 2.